The summed E-state index contributed by atoms with van der Waals surface area (Å²) in [6.07, 6.45) is 1.71. The van der Waals surface area contributed by atoms with Crippen LogP contribution in [0.5, 0.6) is 17.2 Å². The third kappa shape index (κ3) is 1.85. The molecule has 100 valence electrons. The number of hydrogen-bond donors (Lipinski definition) is 1. The highest BCUT2D eigenvalue weighted by Crippen LogP contribution is 2.42. The van der Waals surface area contributed by atoms with E-state index in [9.17, 15) is 0 Å². The van der Waals surface area contributed by atoms with Crippen molar-refractivity contribution in [3.63, 3.8) is 0 Å². The van der Waals surface area contributed by atoms with Crippen LogP contribution in [0, 0.1) is 0 Å². The Labute approximate surface area is 110 Å². The molecule has 2 N–H and O–H groups in total. The lowest BCUT2D eigenvalue weighted by atomic mass is 10.1. The van der Waals surface area contributed by atoms with Crippen molar-refractivity contribution in [1.82, 2.24) is 9.78 Å². The normalized spacial score (nSPS) is 13.4. The van der Waals surface area contributed by atoms with Gasteiger partial charge in [-0.1, -0.05) is 0 Å². The van der Waals surface area contributed by atoms with Crippen LogP contribution in [0.15, 0.2) is 18.3 Å². The molecule has 0 saturated carbocycles. The molecule has 6 nitrogen and oxygen atoms in total. The maximum Gasteiger partial charge on any atom is 0.165 e. The summed E-state index contributed by atoms with van der Waals surface area (Å²) < 4.78 is 18.1. The van der Waals surface area contributed by atoms with Crippen molar-refractivity contribution in [3.8, 4) is 28.4 Å². The number of nitrogens with two attached hydrogens (primary N) is 1. The van der Waals surface area contributed by atoms with E-state index in [0.29, 0.717) is 36.3 Å². The molecule has 1 aromatic heterocycles. The zero-order valence-electron chi connectivity index (χ0n) is 10.8. The average molecular weight is 261 g/mol. The lowest BCUT2D eigenvalue weighted by molar-refractivity contribution is 0.171. The van der Waals surface area contributed by atoms with Gasteiger partial charge in [-0.15, -0.1) is 0 Å². The Morgan fingerprint density at radius 3 is 2.47 bits per heavy atom. The average Bonchev–Trinajstić information content (AvgIpc) is 2.77. The Morgan fingerprint density at radius 2 is 1.89 bits per heavy atom. The first-order valence-corrected chi connectivity index (χ1v) is 5.96. The van der Waals surface area contributed by atoms with Crippen LogP contribution in [0.25, 0.3) is 11.1 Å². The van der Waals surface area contributed by atoms with Gasteiger partial charge in [0.25, 0.3) is 0 Å². The molecule has 0 spiro atoms. The molecule has 0 saturated heterocycles. The van der Waals surface area contributed by atoms with E-state index in [0.717, 1.165) is 11.1 Å². The maximum absolute atomic E-state index is 6.01. The Kier molecular flexibility index (Phi) is 2.70. The number of ether oxygens (including phenoxy) is 3. The summed E-state index contributed by atoms with van der Waals surface area (Å²) in [5.74, 6) is 2.65. The van der Waals surface area contributed by atoms with E-state index in [1.165, 1.54) is 0 Å². The summed E-state index contributed by atoms with van der Waals surface area (Å²) in [5.41, 5.74) is 7.67. The van der Waals surface area contributed by atoms with E-state index >= 15 is 0 Å². The molecule has 0 atom stereocenters. The number of anilines is 1. The molecular weight excluding hydrogens is 246 g/mol. The van der Waals surface area contributed by atoms with Crippen LogP contribution in [0.4, 0.5) is 5.82 Å². The summed E-state index contributed by atoms with van der Waals surface area (Å²) in [5, 5.41) is 4.14. The highest BCUT2D eigenvalue weighted by atomic mass is 16.6. The Hall–Kier alpha value is -2.37. The second-order valence-corrected chi connectivity index (χ2v) is 4.26. The van der Waals surface area contributed by atoms with Gasteiger partial charge < -0.3 is 19.9 Å². The summed E-state index contributed by atoms with van der Waals surface area (Å²) in [6.45, 7) is 1.09. The molecule has 3 rings (SSSR count). The first-order valence-electron chi connectivity index (χ1n) is 5.96. The topological polar surface area (TPSA) is 71.5 Å². The summed E-state index contributed by atoms with van der Waals surface area (Å²) in [4.78, 5) is 0. The number of rotatable bonds is 2. The van der Waals surface area contributed by atoms with Crippen LogP contribution in [0.3, 0.4) is 0 Å². The van der Waals surface area contributed by atoms with Crippen molar-refractivity contribution < 1.29 is 14.2 Å². The molecule has 0 fully saturated rings. The molecule has 0 radical (unpaired) electrons. The van der Waals surface area contributed by atoms with Gasteiger partial charge in [0.2, 0.25) is 0 Å². The minimum Gasteiger partial charge on any atom is -0.496 e. The van der Waals surface area contributed by atoms with E-state index in [-0.39, 0.29) is 0 Å². The van der Waals surface area contributed by atoms with Gasteiger partial charge in [-0.2, -0.15) is 5.10 Å². The van der Waals surface area contributed by atoms with Crippen LogP contribution in [0.2, 0.25) is 0 Å². The molecule has 0 aliphatic carbocycles. The Balaban J connectivity index is 2.17. The smallest absolute Gasteiger partial charge is 0.165 e. The van der Waals surface area contributed by atoms with E-state index in [1.54, 1.807) is 25.0 Å². The fourth-order valence-electron chi connectivity index (χ4n) is 2.10. The molecule has 1 aromatic carbocycles. The van der Waals surface area contributed by atoms with E-state index in [1.807, 2.05) is 12.1 Å². The SMILES string of the molecule is COc1cc2c(cc1-c1cnn(C)c1N)OCCO2. The minimum atomic E-state index is 0.543. The van der Waals surface area contributed by atoms with E-state index in [4.69, 9.17) is 19.9 Å². The van der Waals surface area contributed by atoms with Crippen molar-refractivity contribution in [1.29, 1.82) is 0 Å². The van der Waals surface area contributed by atoms with E-state index < -0.39 is 0 Å². The summed E-state index contributed by atoms with van der Waals surface area (Å²) in [6, 6.07) is 3.69. The van der Waals surface area contributed by atoms with Gasteiger partial charge in [-0.3, -0.25) is 4.68 Å². The Bertz CT molecular complexity index is 622. The van der Waals surface area contributed by atoms with Crippen LogP contribution in [-0.2, 0) is 7.05 Å². The van der Waals surface area contributed by atoms with Gasteiger partial charge in [0.15, 0.2) is 11.5 Å². The first-order chi connectivity index (χ1) is 9.20. The van der Waals surface area contributed by atoms with E-state index in [2.05, 4.69) is 5.10 Å². The van der Waals surface area contributed by atoms with Crippen molar-refractivity contribution in [2.45, 2.75) is 0 Å². The number of fused-ring (bicyclic) bond motifs is 1. The standard InChI is InChI=1S/C13H15N3O3/c1-16-13(14)9(7-15-16)8-5-11-12(6-10(8)17-2)19-4-3-18-11/h5-7H,3-4,14H2,1-2H3. The molecule has 0 bridgehead atoms. The van der Waals surface area contributed by atoms with Gasteiger partial charge in [-0.05, 0) is 6.07 Å². The quantitative estimate of drug-likeness (QED) is 0.885. The highest BCUT2D eigenvalue weighted by Gasteiger charge is 2.19. The molecule has 0 amide bonds. The van der Waals surface area contributed by atoms with Crippen molar-refractivity contribution in [2.24, 2.45) is 7.05 Å². The molecular formula is C13H15N3O3. The van der Waals surface area contributed by atoms with Gasteiger partial charge in [0.1, 0.15) is 24.8 Å². The van der Waals surface area contributed by atoms with Crippen molar-refractivity contribution in [3.05, 3.63) is 18.3 Å². The minimum absolute atomic E-state index is 0.543. The predicted molar refractivity (Wildman–Crippen MR) is 70.6 cm³/mol. The van der Waals surface area contributed by atoms with Gasteiger partial charge >= 0.3 is 0 Å². The van der Waals surface area contributed by atoms with Crippen molar-refractivity contribution >= 4 is 5.82 Å². The first kappa shape index (κ1) is 11.7. The van der Waals surface area contributed by atoms with Crippen LogP contribution >= 0.6 is 0 Å². The highest BCUT2D eigenvalue weighted by molar-refractivity contribution is 5.80. The number of aromatic nitrogens is 2. The molecule has 19 heavy (non-hydrogen) atoms. The Morgan fingerprint density at radius 1 is 1.21 bits per heavy atom. The number of nitrogens with zero attached hydrogens (tertiary/aromatic N) is 2. The third-order valence-electron chi connectivity index (χ3n) is 3.14. The number of methoxy groups -OCH3 is 1. The molecule has 6 heteroatoms. The maximum atomic E-state index is 6.01. The molecule has 2 heterocycles. The predicted octanol–water partition coefficient (Wildman–Crippen LogP) is 1.45. The second-order valence-electron chi connectivity index (χ2n) is 4.26. The molecule has 0 unspecified atom stereocenters. The zero-order chi connectivity index (χ0) is 13.4. The number of aryl methyl sites for hydroxylation is 1. The zero-order valence-corrected chi connectivity index (χ0v) is 10.8. The molecule has 1 aliphatic rings. The monoisotopic (exact) mass is 261 g/mol. The van der Waals surface area contributed by atoms with Gasteiger partial charge in [-0.25, -0.2) is 0 Å². The number of hydrogen-bond acceptors (Lipinski definition) is 5. The summed E-state index contributed by atoms with van der Waals surface area (Å²) >= 11 is 0. The van der Waals surface area contributed by atoms with Crippen LogP contribution in [-0.4, -0.2) is 30.1 Å². The lowest BCUT2D eigenvalue weighted by Crippen LogP contribution is -2.15. The number of benzene rings is 1. The van der Waals surface area contributed by atoms with Gasteiger partial charge in [0, 0.05) is 24.2 Å². The van der Waals surface area contributed by atoms with Crippen LogP contribution < -0.4 is 19.9 Å². The number of nitrogen functional groups attached to an aromatic ring is 1. The largest absolute Gasteiger partial charge is 0.496 e. The van der Waals surface area contributed by atoms with Crippen LogP contribution in [0.1, 0.15) is 0 Å². The van der Waals surface area contributed by atoms with Gasteiger partial charge in [0.05, 0.1) is 13.3 Å². The van der Waals surface area contributed by atoms with Crippen molar-refractivity contribution in [2.75, 3.05) is 26.1 Å². The molecule has 1 aliphatic heterocycles. The summed E-state index contributed by atoms with van der Waals surface area (Å²) in [7, 11) is 3.41. The second kappa shape index (κ2) is 4.38. The fraction of sp³-hybridized carbons (Fsp3) is 0.308. The fourth-order valence-corrected chi connectivity index (χ4v) is 2.10. The lowest BCUT2D eigenvalue weighted by Gasteiger charge is -2.20. The molecule has 2 aromatic rings. The third-order valence-corrected chi connectivity index (χ3v) is 3.14.